The highest BCUT2D eigenvalue weighted by atomic mass is 32.1. The van der Waals surface area contributed by atoms with Gasteiger partial charge in [0.2, 0.25) is 0 Å². The molecular weight excluding hydrogens is 280 g/mol. The molecule has 0 atom stereocenters. The average Bonchev–Trinajstić information content (AvgIpc) is 3.26. The minimum atomic E-state index is 0.610. The van der Waals surface area contributed by atoms with Crippen LogP contribution in [-0.2, 0) is 6.54 Å². The van der Waals surface area contributed by atoms with Gasteiger partial charge in [-0.3, -0.25) is 4.99 Å². The number of hydrogen-bond acceptors (Lipinski definition) is 3. The highest BCUT2D eigenvalue weighted by Crippen LogP contribution is 2.27. The lowest BCUT2D eigenvalue weighted by molar-refractivity contribution is 0.808. The first-order valence-corrected chi connectivity index (χ1v) is 8.07. The van der Waals surface area contributed by atoms with E-state index in [1.807, 2.05) is 25.2 Å². The van der Waals surface area contributed by atoms with Crippen LogP contribution in [-0.4, -0.2) is 24.0 Å². The Kier molecular flexibility index (Phi) is 4.20. The maximum Gasteiger partial charge on any atom is 0.191 e. The standard InChI is InChI=1S/C16H20N4S/c1-11-14(10-18-16(17-2)20-13-8-9-13)21-15(19-11)12-6-4-3-5-7-12/h3-7,13H,8-10H2,1-2H3,(H2,17,18,20). The fourth-order valence-corrected chi connectivity index (χ4v) is 3.08. The lowest BCUT2D eigenvalue weighted by Gasteiger charge is -2.10. The van der Waals surface area contributed by atoms with Crippen molar-refractivity contribution in [3.63, 3.8) is 0 Å². The van der Waals surface area contributed by atoms with Gasteiger partial charge in [-0.15, -0.1) is 11.3 Å². The summed E-state index contributed by atoms with van der Waals surface area (Å²) in [6.07, 6.45) is 2.50. The quantitative estimate of drug-likeness (QED) is 0.674. The van der Waals surface area contributed by atoms with Crippen LogP contribution < -0.4 is 10.6 Å². The summed E-state index contributed by atoms with van der Waals surface area (Å²) in [7, 11) is 1.81. The molecule has 110 valence electrons. The van der Waals surface area contributed by atoms with Crippen molar-refractivity contribution in [2.45, 2.75) is 32.4 Å². The van der Waals surface area contributed by atoms with Crippen LogP contribution in [0.25, 0.3) is 10.6 Å². The molecular formula is C16H20N4S. The van der Waals surface area contributed by atoms with E-state index in [0.29, 0.717) is 6.04 Å². The molecule has 0 saturated heterocycles. The summed E-state index contributed by atoms with van der Waals surface area (Å²) >= 11 is 1.74. The maximum absolute atomic E-state index is 4.68. The van der Waals surface area contributed by atoms with Crippen LogP contribution in [0.1, 0.15) is 23.4 Å². The molecule has 2 N–H and O–H groups in total. The molecule has 0 unspecified atom stereocenters. The van der Waals surface area contributed by atoms with Crippen LogP contribution in [0.3, 0.4) is 0 Å². The molecule has 5 heteroatoms. The average molecular weight is 300 g/mol. The second kappa shape index (κ2) is 6.26. The lowest BCUT2D eigenvalue weighted by atomic mass is 10.2. The van der Waals surface area contributed by atoms with Crippen molar-refractivity contribution >= 4 is 17.3 Å². The molecule has 0 bridgehead atoms. The number of guanidine groups is 1. The summed E-state index contributed by atoms with van der Waals surface area (Å²) < 4.78 is 0. The molecule has 4 nitrogen and oxygen atoms in total. The van der Waals surface area contributed by atoms with Crippen molar-refractivity contribution in [1.29, 1.82) is 0 Å². The molecule has 2 aromatic rings. The highest BCUT2D eigenvalue weighted by Gasteiger charge is 2.22. The highest BCUT2D eigenvalue weighted by molar-refractivity contribution is 7.15. The third-order valence-electron chi connectivity index (χ3n) is 3.47. The molecule has 1 heterocycles. The van der Waals surface area contributed by atoms with E-state index < -0.39 is 0 Å². The molecule has 0 radical (unpaired) electrons. The second-order valence-corrected chi connectivity index (χ2v) is 6.32. The number of benzene rings is 1. The van der Waals surface area contributed by atoms with E-state index in [0.717, 1.165) is 23.2 Å². The van der Waals surface area contributed by atoms with Crippen molar-refractivity contribution in [3.05, 3.63) is 40.9 Å². The molecule has 0 amide bonds. The largest absolute Gasteiger partial charge is 0.354 e. The van der Waals surface area contributed by atoms with E-state index in [-0.39, 0.29) is 0 Å². The topological polar surface area (TPSA) is 49.3 Å². The fraction of sp³-hybridized carbons (Fsp3) is 0.375. The summed E-state index contributed by atoms with van der Waals surface area (Å²) in [5.41, 5.74) is 2.27. The number of thiazole rings is 1. The molecule has 1 aliphatic carbocycles. The van der Waals surface area contributed by atoms with Gasteiger partial charge in [-0.05, 0) is 19.8 Å². The Labute approximate surface area is 129 Å². The Morgan fingerprint density at radius 3 is 2.76 bits per heavy atom. The Bertz CT molecular complexity index is 629. The summed E-state index contributed by atoms with van der Waals surface area (Å²) in [6, 6.07) is 10.9. The van der Waals surface area contributed by atoms with Gasteiger partial charge < -0.3 is 10.6 Å². The molecule has 1 saturated carbocycles. The van der Waals surface area contributed by atoms with Crippen molar-refractivity contribution in [3.8, 4) is 10.6 Å². The normalized spacial score (nSPS) is 15.0. The van der Waals surface area contributed by atoms with Gasteiger partial charge in [0.05, 0.1) is 12.2 Å². The number of hydrogen-bond donors (Lipinski definition) is 2. The summed E-state index contributed by atoms with van der Waals surface area (Å²) in [4.78, 5) is 10.2. The number of rotatable bonds is 4. The van der Waals surface area contributed by atoms with E-state index in [2.05, 4.69) is 39.7 Å². The van der Waals surface area contributed by atoms with E-state index in [1.165, 1.54) is 23.3 Å². The number of nitrogens with one attached hydrogen (secondary N) is 2. The van der Waals surface area contributed by atoms with Gasteiger partial charge in [0.1, 0.15) is 5.01 Å². The predicted octanol–water partition coefficient (Wildman–Crippen LogP) is 2.95. The first kappa shape index (κ1) is 14.1. The van der Waals surface area contributed by atoms with E-state index in [9.17, 15) is 0 Å². The van der Waals surface area contributed by atoms with Crippen molar-refractivity contribution in [2.75, 3.05) is 7.05 Å². The van der Waals surface area contributed by atoms with Gasteiger partial charge in [-0.1, -0.05) is 30.3 Å². The lowest BCUT2D eigenvalue weighted by Crippen LogP contribution is -2.37. The predicted molar refractivity (Wildman–Crippen MR) is 88.6 cm³/mol. The van der Waals surface area contributed by atoms with Gasteiger partial charge in [0.15, 0.2) is 5.96 Å². The first-order valence-electron chi connectivity index (χ1n) is 7.25. The van der Waals surface area contributed by atoms with Gasteiger partial charge in [-0.25, -0.2) is 4.98 Å². The summed E-state index contributed by atoms with van der Waals surface area (Å²) in [5.74, 6) is 0.881. The zero-order valence-electron chi connectivity index (χ0n) is 12.4. The third kappa shape index (κ3) is 3.61. The maximum atomic E-state index is 4.68. The Morgan fingerprint density at radius 2 is 2.10 bits per heavy atom. The fourth-order valence-electron chi connectivity index (χ4n) is 2.08. The molecule has 21 heavy (non-hydrogen) atoms. The first-order chi connectivity index (χ1) is 10.3. The minimum absolute atomic E-state index is 0.610. The van der Waals surface area contributed by atoms with E-state index in [4.69, 9.17) is 0 Å². The zero-order valence-corrected chi connectivity index (χ0v) is 13.2. The summed E-state index contributed by atoms with van der Waals surface area (Å²) in [5, 5.41) is 7.84. The van der Waals surface area contributed by atoms with Gasteiger partial charge in [0, 0.05) is 23.5 Å². The minimum Gasteiger partial charge on any atom is -0.354 e. The van der Waals surface area contributed by atoms with E-state index in [1.54, 1.807) is 11.3 Å². The number of aromatic nitrogens is 1. The Balaban J connectivity index is 1.67. The van der Waals surface area contributed by atoms with Crippen molar-refractivity contribution in [2.24, 2.45) is 4.99 Å². The van der Waals surface area contributed by atoms with Crippen LogP contribution in [0.5, 0.6) is 0 Å². The second-order valence-electron chi connectivity index (χ2n) is 5.24. The van der Waals surface area contributed by atoms with Crippen molar-refractivity contribution in [1.82, 2.24) is 15.6 Å². The molecule has 3 rings (SSSR count). The number of aliphatic imine (C=N–C) groups is 1. The molecule has 1 fully saturated rings. The van der Waals surface area contributed by atoms with Gasteiger partial charge in [0.25, 0.3) is 0 Å². The van der Waals surface area contributed by atoms with Gasteiger partial charge in [-0.2, -0.15) is 0 Å². The monoisotopic (exact) mass is 300 g/mol. The van der Waals surface area contributed by atoms with E-state index >= 15 is 0 Å². The zero-order chi connectivity index (χ0) is 14.7. The Morgan fingerprint density at radius 1 is 1.33 bits per heavy atom. The van der Waals surface area contributed by atoms with Crippen LogP contribution in [0.2, 0.25) is 0 Å². The molecule has 1 aromatic heterocycles. The smallest absolute Gasteiger partial charge is 0.191 e. The van der Waals surface area contributed by atoms with Crippen LogP contribution in [0, 0.1) is 6.92 Å². The summed E-state index contributed by atoms with van der Waals surface area (Å²) in [6.45, 7) is 2.83. The van der Waals surface area contributed by atoms with Gasteiger partial charge >= 0.3 is 0 Å². The van der Waals surface area contributed by atoms with Crippen LogP contribution >= 0.6 is 11.3 Å². The number of aryl methyl sites for hydroxylation is 1. The molecule has 0 spiro atoms. The SMILES string of the molecule is CN=C(NCc1sc(-c2ccccc2)nc1C)NC1CC1. The van der Waals surface area contributed by atoms with Crippen molar-refractivity contribution < 1.29 is 0 Å². The Hall–Kier alpha value is -1.88. The molecule has 1 aromatic carbocycles. The third-order valence-corrected chi connectivity index (χ3v) is 4.68. The molecule has 0 aliphatic heterocycles. The van der Waals surface area contributed by atoms with Crippen LogP contribution in [0.15, 0.2) is 35.3 Å². The number of nitrogens with zero attached hydrogens (tertiary/aromatic N) is 2. The molecule has 1 aliphatic rings. The van der Waals surface area contributed by atoms with Crippen LogP contribution in [0.4, 0.5) is 0 Å².